The normalized spacial score (nSPS) is 10.6. The number of amides is 1. The molecular weight excluding hydrogens is 375 g/mol. The molecule has 8 heteroatoms. The lowest BCUT2D eigenvalue weighted by Crippen LogP contribution is -2.25. The lowest BCUT2D eigenvalue weighted by Gasteiger charge is -2.12. The Hall–Kier alpha value is -2.05. The summed E-state index contributed by atoms with van der Waals surface area (Å²) in [5, 5.41) is 3.44. The maximum Gasteiger partial charge on any atom is 0.387 e. The molecule has 0 heterocycles. The van der Waals surface area contributed by atoms with E-state index in [1.54, 1.807) is 6.07 Å². The Balaban J connectivity index is 1.98. The van der Waals surface area contributed by atoms with Crippen molar-refractivity contribution in [1.82, 2.24) is 5.32 Å². The Kier molecular flexibility index (Phi) is 6.84. The third-order valence-electron chi connectivity index (χ3n) is 3.27. The average Bonchev–Trinajstić information content (AvgIpc) is 2.53. The molecule has 4 nitrogen and oxygen atoms in total. The second-order valence-corrected chi connectivity index (χ2v) is 5.90. The molecule has 2 aromatic carbocycles. The number of ether oxygens (including phenoxy) is 2. The van der Waals surface area contributed by atoms with Gasteiger partial charge in [-0.25, -0.2) is 0 Å². The van der Waals surface area contributed by atoms with E-state index in [1.165, 1.54) is 37.4 Å². The van der Waals surface area contributed by atoms with Crippen molar-refractivity contribution in [3.63, 3.8) is 0 Å². The first-order valence-corrected chi connectivity index (χ1v) is 8.00. The summed E-state index contributed by atoms with van der Waals surface area (Å²) in [6.45, 7) is -2.65. The summed E-state index contributed by atoms with van der Waals surface area (Å²) >= 11 is 11.7. The molecule has 2 rings (SSSR count). The molecule has 0 bridgehead atoms. The van der Waals surface area contributed by atoms with Gasteiger partial charge in [0, 0.05) is 22.2 Å². The van der Waals surface area contributed by atoms with Crippen LogP contribution in [0, 0.1) is 0 Å². The molecule has 0 radical (unpaired) electrons. The molecule has 25 heavy (non-hydrogen) atoms. The summed E-state index contributed by atoms with van der Waals surface area (Å²) in [6.07, 6.45) is 0.420. The van der Waals surface area contributed by atoms with Crippen molar-refractivity contribution in [1.29, 1.82) is 0 Å². The fourth-order valence-corrected chi connectivity index (χ4v) is 2.70. The summed E-state index contributed by atoms with van der Waals surface area (Å²) in [6, 6.07) is 9.23. The van der Waals surface area contributed by atoms with Crippen molar-refractivity contribution in [3.05, 3.63) is 57.6 Å². The molecule has 0 aromatic heterocycles. The molecular formula is C17H15Cl2F2NO3. The number of methoxy groups -OCH3 is 1. The minimum absolute atomic E-state index is 0.0528. The van der Waals surface area contributed by atoms with Crippen molar-refractivity contribution < 1.29 is 23.0 Å². The number of hydrogen-bond acceptors (Lipinski definition) is 3. The van der Waals surface area contributed by atoms with E-state index in [4.69, 9.17) is 27.9 Å². The zero-order valence-electron chi connectivity index (χ0n) is 13.2. The Morgan fingerprint density at radius 1 is 1.12 bits per heavy atom. The van der Waals surface area contributed by atoms with Gasteiger partial charge in [0.2, 0.25) is 0 Å². The minimum atomic E-state index is -2.95. The summed E-state index contributed by atoms with van der Waals surface area (Å²) in [7, 11) is 1.36. The van der Waals surface area contributed by atoms with E-state index in [0.717, 1.165) is 0 Å². The van der Waals surface area contributed by atoms with Crippen LogP contribution in [0.15, 0.2) is 36.4 Å². The molecule has 0 fully saturated rings. The highest BCUT2D eigenvalue weighted by molar-refractivity contribution is 6.35. The third-order valence-corrected chi connectivity index (χ3v) is 3.70. The molecule has 1 N–H and O–H groups in total. The van der Waals surface area contributed by atoms with Crippen LogP contribution in [0.1, 0.15) is 15.9 Å². The topological polar surface area (TPSA) is 47.6 Å². The van der Waals surface area contributed by atoms with Crippen LogP contribution in [0.4, 0.5) is 8.78 Å². The lowest BCUT2D eigenvalue weighted by atomic mass is 10.1. The van der Waals surface area contributed by atoms with Crippen molar-refractivity contribution in [3.8, 4) is 11.5 Å². The van der Waals surface area contributed by atoms with E-state index >= 15 is 0 Å². The molecule has 1 amide bonds. The first-order valence-electron chi connectivity index (χ1n) is 7.25. The van der Waals surface area contributed by atoms with Crippen molar-refractivity contribution >= 4 is 29.1 Å². The molecule has 0 aliphatic carbocycles. The Labute approximate surface area is 153 Å². The van der Waals surface area contributed by atoms with Gasteiger partial charge < -0.3 is 14.8 Å². The van der Waals surface area contributed by atoms with Gasteiger partial charge in [0.25, 0.3) is 5.91 Å². The molecule has 0 saturated heterocycles. The number of carbonyl (C=O) groups excluding carboxylic acids is 1. The van der Waals surface area contributed by atoms with Crippen molar-refractivity contribution in [2.24, 2.45) is 0 Å². The van der Waals surface area contributed by atoms with Crippen LogP contribution in [0.2, 0.25) is 10.0 Å². The second-order valence-electron chi connectivity index (χ2n) is 5.03. The number of halogens is 4. The molecule has 2 aromatic rings. The van der Waals surface area contributed by atoms with Gasteiger partial charge in [-0.15, -0.1) is 0 Å². The molecule has 0 aliphatic rings. The largest absolute Gasteiger partial charge is 0.493 e. The Bertz CT molecular complexity index is 736. The van der Waals surface area contributed by atoms with E-state index < -0.39 is 6.61 Å². The standard InChI is InChI=1S/C17H15Cl2F2NO3/c1-24-14-3-2-10(6-15(14)25-17(20)21)4-5-22-16(23)11-7-12(18)9-13(19)8-11/h2-3,6-9,17H,4-5H2,1H3,(H,22,23). The van der Waals surface area contributed by atoms with Crippen LogP contribution in [-0.4, -0.2) is 26.2 Å². The highest BCUT2D eigenvalue weighted by Crippen LogP contribution is 2.29. The van der Waals surface area contributed by atoms with Crippen LogP contribution < -0.4 is 14.8 Å². The number of rotatable bonds is 7. The number of benzene rings is 2. The smallest absolute Gasteiger partial charge is 0.387 e. The number of carbonyl (C=O) groups is 1. The SMILES string of the molecule is COc1ccc(CCNC(=O)c2cc(Cl)cc(Cl)c2)cc1OC(F)F. The van der Waals surface area contributed by atoms with Gasteiger partial charge in [-0.05, 0) is 42.3 Å². The van der Waals surface area contributed by atoms with Gasteiger partial charge in [0.15, 0.2) is 11.5 Å². The predicted octanol–water partition coefficient (Wildman–Crippen LogP) is 4.58. The maximum absolute atomic E-state index is 12.4. The van der Waals surface area contributed by atoms with Crippen LogP contribution in [0.5, 0.6) is 11.5 Å². The van der Waals surface area contributed by atoms with Gasteiger partial charge in [0.1, 0.15) is 0 Å². The lowest BCUT2D eigenvalue weighted by molar-refractivity contribution is -0.0512. The molecule has 134 valence electrons. The zero-order valence-corrected chi connectivity index (χ0v) is 14.7. The van der Waals surface area contributed by atoms with Gasteiger partial charge in [-0.2, -0.15) is 8.78 Å². The first-order chi connectivity index (χ1) is 11.9. The highest BCUT2D eigenvalue weighted by Gasteiger charge is 2.12. The van der Waals surface area contributed by atoms with E-state index in [2.05, 4.69) is 10.1 Å². The average molecular weight is 390 g/mol. The number of nitrogens with one attached hydrogen (secondary N) is 1. The minimum Gasteiger partial charge on any atom is -0.493 e. The quantitative estimate of drug-likeness (QED) is 0.753. The monoisotopic (exact) mass is 389 g/mol. The third kappa shape index (κ3) is 5.76. The number of hydrogen-bond donors (Lipinski definition) is 1. The zero-order chi connectivity index (χ0) is 18.4. The maximum atomic E-state index is 12.4. The van der Waals surface area contributed by atoms with E-state index in [9.17, 15) is 13.6 Å². The van der Waals surface area contributed by atoms with E-state index in [-0.39, 0.29) is 17.4 Å². The Morgan fingerprint density at radius 3 is 2.40 bits per heavy atom. The van der Waals surface area contributed by atoms with Gasteiger partial charge >= 0.3 is 6.61 Å². The van der Waals surface area contributed by atoms with Crippen molar-refractivity contribution in [2.75, 3.05) is 13.7 Å². The van der Waals surface area contributed by atoms with Crippen LogP contribution >= 0.6 is 23.2 Å². The van der Waals surface area contributed by atoms with Crippen LogP contribution in [0.3, 0.4) is 0 Å². The van der Waals surface area contributed by atoms with Crippen LogP contribution in [0.25, 0.3) is 0 Å². The van der Waals surface area contributed by atoms with Gasteiger partial charge in [-0.1, -0.05) is 29.3 Å². The molecule has 0 saturated carbocycles. The van der Waals surface area contributed by atoms with E-state index in [0.29, 0.717) is 34.1 Å². The second kappa shape index (κ2) is 8.87. The molecule has 0 unspecified atom stereocenters. The van der Waals surface area contributed by atoms with Gasteiger partial charge in [-0.3, -0.25) is 4.79 Å². The van der Waals surface area contributed by atoms with Gasteiger partial charge in [0.05, 0.1) is 7.11 Å². The summed E-state index contributed by atoms with van der Waals surface area (Å²) in [5.41, 5.74) is 1.05. The summed E-state index contributed by atoms with van der Waals surface area (Å²) in [5.74, 6) is -0.174. The fraction of sp³-hybridized carbons (Fsp3) is 0.235. The molecule has 0 atom stereocenters. The molecule has 0 spiro atoms. The van der Waals surface area contributed by atoms with Crippen molar-refractivity contribution in [2.45, 2.75) is 13.0 Å². The Morgan fingerprint density at radius 2 is 1.80 bits per heavy atom. The molecule has 0 aliphatic heterocycles. The summed E-state index contributed by atoms with van der Waals surface area (Å²) in [4.78, 5) is 12.1. The summed E-state index contributed by atoms with van der Waals surface area (Å²) < 4.78 is 34.2. The first kappa shape index (κ1) is 19.3. The highest BCUT2D eigenvalue weighted by atomic mass is 35.5. The van der Waals surface area contributed by atoms with Crippen LogP contribution in [-0.2, 0) is 6.42 Å². The number of alkyl halides is 2. The fourth-order valence-electron chi connectivity index (χ4n) is 2.17. The van der Waals surface area contributed by atoms with E-state index in [1.807, 2.05) is 0 Å². The predicted molar refractivity (Wildman–Crippen MR) is 92.1 cm³/mol.